The first-order valence-electron chi connectivity index (χ1n) is 8.16. The zero-order chi connectivity index (χ0) is 15.9. The molecule has 1 spiro atoms. The summed E-state index contributed by atoms with van der Waals surface area (Å²) in [4.78, 5) is 2.42. The van der Waals surface area contributed by atoms with Gasteiger partial charge >= 0.3 is 0 Å². The molecule has 2 fully saturated rings. The molecule has 4 rings (SSSR count). The highest BCUT2D eigenvalue weighted by molar-refractivity contribution is 9.10. The van der Waals surface area contributed by atoms with E-state index in [9.17, 15) is 4.39 Å². The summed E-state index contributed by atoms with van der Waals surface area (Å²) < 4.78 is 14.4. The minimum atomic E-state index is -0.175. The predicted octanol–water partition coefficient (Wildman–Crippen LogP) is 4.52. The van der Waals surface area contributed by atoms with Crippen LogP contribution >= 0.6 is 15.9 Å². The van der Waals surface area contributed by atoms with Gasteiger partial charge in [0.2, 0.25) is 0 Å². The highest BCUT2D eigenvalue weighted by Crippen LogP contribution is 2.55. The first-order chi connectivity index (χ1) is 11.2. The van der Waals surface area contributed by atoms with E-state index >= 15 is 0 Å². The lowest BCUT2D eigenvalue weighted by Crippen LogP contribution is -2.62. The SMILES string of the molecule is Fc1ccc(N2CC3(CCNCC3)C2c2ccc(Br)cc2)cc1. The fourth-order valence-corrected chi connectivity index (χ4v) is 4.41. The van der Waals surface area contributed by atoms with E-state index in [4.69, 9.17) is 0 Å². The maximum absolute atomic E-state index is 13.3. The molecule has 0 radical (unpaired) electrons. The lowest BCUT2D eigenvalue weighted by molar-refractivity contribution is 0.0818. The fourth-order valence-electron chi connectivity index (χ4n) is 4.14. The van der Waals surface area contributed by atoms with E-state index in [0.717, 1.165) is 29.8 Å². The van der Waals surface area contributed by atoms with Crippen molar-refractivity contribution in [1.82, 2.24) is 5.32 Å². The molecular formula is C19H20BrFN2. The summed E-state index contributed by atoms with van der Waals surface area (Å²) >= 11 is 3.52. The molecule has 0 aromatic heterocycles. The van der Waals surface area contributed by atoms with Crippen LogP contribution in [0.25, 0.3) is 0 Å². The summed E-state index contributed by atoms with van der Waals surface area (Å²) in [7, 11) is 0. The Bertz CT molecular complexity index is 678. The van der Waals surface area contributed by atoms with Crippen LogP contribution in [0.2, 0.25) is 0 Å². The van der Waals surface area contributed by atoms with Crippen molar-refractivity contribution >= 4 is 21.6 Å². The van der Waals surface area contributed by atoms with Crippen LogP contribution in [-0.4, -0.2) is 19.6 Å². The third-order valence-electron chi connectivity index (χ3n) is 5.32. The molecule has 4 heteroatoms. The minimum absolute atomic E-state index is 0.175. The predicted molar refractivity (Wildman–Crippen MR) is 95.2 cm³/mol. The summed E-state index contributed by atoms with van der Waals surface area (Å²) in [6.45, 7) is 3.23. The molecule has 2 aromatic carbocycles. The average molecular weight is 375 g/mol. The Morgan fingerprint density at radius 1 is 1.00 bits per heavy atom. The quantitative estimate of drug-likeness (QED) is 0.831. The summed E-state index contributed by atoms with van der Waals surface area (Å²) in [6.07, 6.45) is 2.40. The third-order valence-corrected chi connectivity index (χ3v) is 5.85. The van der Waals surface area contributed by atoms with Crippen molar-refractivity contribution in [2.24, 2.45) is 5.41 Å². The topological polar surface area (TPSA) is 15.3 Å². The maximum atomic E-state index is 13.3. The monoisotopic (exact) mass is 374 g/mol. The van der Waals surface area contributed by atoms with E-state index < -0.39 is 0 Å². The number of hydrogen-bond donors (Lipinski definition) is 1. The molecule has 0 amide bonds. The van der Waals surface area contributed by atoms with E-state index in [1.807, 2.05) is 12.1 Å². The number of halogens is 2. The van der Waals surface area contributed by atoms with Gasteiger partial charge in [0.15, 0.2) is 0 Å². The minimum Gasteiger partial charge on any atom is -0.363 e. The first-order valence-corrected chi connectivity index (χ1v) is 8.96. The fraction of sp³-hybridized carbons (Fsp3) is 0.368. The van der Waals surface area contributed by atoms with Gasteiger partial charge in [0.1, 0.15) is 5.82 Å². The smallest absolute Gasteiger partial charge is 0.123 e. The summed E-state index contributed by atoms with van der Waals surface area (Å²) in [5.41, 5.74) is 2.81. The second-order valence-electron chi connectivity index (χ2n) is 6.67. The maximum Gasteiger partial charge on any atom is 0.123 e. The number of nitrogens with zero attached hydrogens (tertiary/aromatic N) is 1. The molecule has 1 N–H and O–H groups in total. The van der Waals surface area contributed by atoms with Gasteiger partial charge in [-0.05, 0) is 67.9 Å². The molecule has 2 saturated heterocycles. The molecule has 1 unspecified atom stereocenters. The van der Waals surface area contributed by atoms with Crippen molar-refractivity contribution in [2.75, 3.05) is 24.5 Å². The van der Waals surface area contributed by atoms with Crippen LogP contribution in [0, 0.1) is 11.2 Å². The Morgan fingerprint density at radius 2 is 1.65 bits per heavy atom. The molecule has 0 bridgehead atoms. The Balaban J connectivity index is 1.69. The molecule has 0 saturated carbocycles. The van der Waals surface area contributed by atoms with E-state index in [2.05, 4.69) is 50.4 Å². The Morgan fingerprint density at radius 3 is 2.30 bits per heavy atom. The number of benzene rings is 2. The highest BCUT2D eigenvalue weighted by Gasteiger charge is 2.53. The third kappa shape index (κ3) is 2.68. The van der Waals surface area contributed by atoms with Gasteiger partial charge in [-0.25, -0.2) is 4.39 Å². The van der Waals surface area contributed by atoms with Gasteiger partial charge in [-0.15, -0.1) is 0 Å². The van der Waals surface area contributed by atoms with Crippen LogP contribution in [0.3, 0.4) is 0 Å². The zero-order valence-electron chi connectivity index (χ0n) is 12.9. The summed E-state index contributed by atoms with van der Waals surface area (Å²) in [6, 6.07) is 16.0. The largest absolute Gasteiger partial charge is 0.363 e. The zero-order valence-corrected chi connectivity index (χ0v) is 14.5. The lowest BCUT2D eigenvalue weighted by Gasteiger charge is -2.60. The van der Waals surface area contributed by atoms with Crippen molar-refractivity contribution in [2.45, 2.75) is 18.9 Å². The van der Waals surface area contributed by atoms with Crippen LogP contribution in [0.4, 0.5) is 10.1 Å². The van der Waals surface area contributed by atoms with Gasteiger partial charge < -0.3 is 10.2 Å². The Kier molecular flexibility index (Phi) is 3.90. The molecule has 2 heterocycles. The van der Waals surface area contributed by atoms with Gasteiger partial charge in [0.05, 0.1) is 6.04 Å². The molecule has 1 atom stereocenters. The molecule has 2 aromatic rings. The van der Waals surface area contributed by atoms with Crippen LogP contribution in [0.1, 0.15) is 24.4 Å². The highest BCUT2D eigenvalue weighted by atomic mass is 79.9. The number of anilines is 1. The molecule has 23 heavy (non-hydrogen) atoms. The standard InChI is InChI=1S/C19H20BrFN2/c20-15-3-1-14(2-4-15)18-19(9-11-22-12-10-19)13-23(18)17-7-5-16(21)6-8-17/h1-8,18,22H,9-13H2. The van der Waals surface area contributed by atoms with Crippen LogP contribution < -0.4 is 10.2 Å². The summed E-state index contributed by atoms with van der Waals surface area (Å²) in [5, 5.41) is 3.48. The molecule has 120 valence electrons. The van der Waals surface area contributed by atoms with Crippen molar-refractivity contribution in [3.8, 4) is 0 Å². The summed E-state index contributed by atoms with van der Waals surface area (Å²) in [5.74, 6) is -0.175. The van der Waals surface area contributed by atoms with Gasteiger partial charge in [-0.1, -0.05) is 28.1 Å². The van der Waals surface area contributed by atoms with E-state index in [1.54, 1.807) is 12.1 Å². The molecule has 0 aliphatic carbocycles. The molecule has 2 aliphatic rings. The van der Waals surface area contributed by atoms with Crippen LogP contribution in [0.5, 0.6) is 0 Å². The molecule has 2 nitrogen and oxygen atoms in total. The molecular weight excluding hydrogens is 355 g/mol. The Hall–Kier alpha value is -1.39. The Labute approximate surface area is 144 Å². The van der Waals surface area contributed by atoms with Crippen molar-refractivity contribution < 1.29 is 4.39 Å². The van der Waals surface area contributed by atoms with Crippen molar-refractivity contribution in [3.63, 3.8) is 0 Å². The van der Waals surface area contributed by atoms with Crippen LogP contribution in [0.15, 0.2) is 53.0 Å². The van der Waals surface area contributed by atoms with Gasteiger partial charge in [0.25, 0.3) is 0 Å². The lowest BCUT2D eigenvalue weighted by atomic mass is 9.63. The van der Waals surface area contributed by atoms with Gasteiger partial charge in [-0.3, -0.25) is 0 Å². The number of nitrogens with one attached hydrogen (secondary N) is 1. The van der Waals surface area contributed by atoms with E-state index in [0.29, 0.717) is 11.5 Å². The first kappa shape index (κ1) is 15.2. The van der Waals surface area contributed by atoms with Crippen molar-refractivity contribution in [3.05, 3.63) is 64.4 Å². The van der Waals surface area contributed by atoms with Crippen molar-refractivity contribution in [1.29, 1.82) is 0 Å². The molecule has 2 aliphatic heterocycles. The number of piperidine rings is 1. The van der Waals surface area contributed by atoms with E-state index in [1.165, 1.54) is 18.4 Å². The normalized spacial score (nSPS) is 22.9. The van der Waals surface area contributed by atoms with Crippen LogP contribution in [-0.2, 0) is 0 Å². The average Bonchev–Trinajstić information content (AvgIpc) is 2.57. The van der Waals surface area contributed by atoms with E-state index in [-0.39, 0.29) is 5.82 Å². The van der Waals surface area contributed by atoms with Gasteiger partial charge in [0, 0.05) is 22.1 Å². The second kappa shape index (κ2) is 5.91. The number of rotatable bonds is 2. The second-order valence-corrected chi connectivity index (χ2v) is 7.59. The van der Waals surface area contributed by atoms with Gasteiger partial charge in [-0.2, -0.15) is 0 Å². The number of hydrogen-bond acceptors (Lipinski definition) is 2.